The molecule has 0 unspecified atom stereocenters. The van der Waals surface area contributed by atoms with Crippen LogP contribution in [-0.2, 0) is 9.59 Å². The largest absolute Gasteiger partial charge is 0.390 e. The fourth-order valence-corrected chi connectivity index (χ4v) is 6.64. The van der Waals surface area contributed by atoms with Crippen molar-refractivity contribution in [3.8, 4) is 0 Å². The van der Waals surface area contributed by atoms with Crippen LogP contribution in [0.3, 0.4) is 0 Å². The number of carbonyl (C=O) groups excluding carboxylic acids is 2. The van der Waals surface area contributed by atoms with Crippen LogP contribution in [0.4, 0.5) is 4.39 Å². The maximum absolute atomic E-state index is 16.8. The Morgan fingerprint density at radius 3 is 2.63 bits per heavy atom. The minimum Gasteiger partial charge on any atom is -0.390 e. The SMILES string of the molecule is CC(=O)[C@]1(O)CC[C@H]2[C@@H]3C=C(C)C4=CC(=O)C=C[C@]4(C)[C@@]3(F)[C@H](O)C[C@@]21C. The lowest BCUT2D eigenvalue weighted by Gasteiger charge is -2.61. The molecule has 4 rings (SSSR count). The number of ketones is 2. The molecule has 4 aliphatic rings. The number of rotatable bonds is 1. The van der Waals surface area contributed by atoms with Gasteiger partial charge in [-0.1, -0.05) is 24.6 Å². The lowest BCUT2D eigenvalue weighted by Crippen LogP contribution is -2.68. The summed E-state index contributed by atoms with van der Waals surface area (Å²) >= 11 is 0. The van der Waals surface area contributed by atoms with Crippen LogP contribution in [0.1, 0.15) is 47.0 Å². The predicted octanol–water partition coefficient (Wildman–Crippen LogP) is 2.84. The van der Waals surface area contributed by atoms with E-state index in [0.29, 0.717) is 12.0 Å². The Morgan fingerprint density at radius 2 is 2.00 bits per heavy atom. The van der Waals surface area contributed by atoms with E-state index in [4.69, 9.17) is 0 Å². The molecule has 2 saturated carbocycles. The summed E-state index contributed by atoms with van der Waals surface area (Å²) in [5.74, 6) is -1.41. The van der Waals surface area contributed by atoms with Gasteiger partial charge in [-0.25, -0.2) is 4.39 Å². The van der Waals surface area contributed by atoms with Gasteiger partial charge in [-0.15, -0.1) is 0 Å². The molecule has 0 amide bonds. The third-order valence-corrected chi connectivity index (χ3v) is 8.26. The second-order valence-corrected chi connectivity index (χ2v) is 9.34. The highest BCUT2D eigenvalue weighted by molar-refractivity contribution is 6.02. The Kier molecular flexibility index (Phi) is 3.66. The van der Waals surface area contributed by atoms with Crippen LogP contribution in [0.15, 0.2) is 35.5 Å². The number of Topliss-reactive ketones (excluding diaryl/α,β-unsaturated/α-hetero) is 1. The van der Waals surface area contributed by atoms with E-state index in [1.54, 1.807) is 13.0 Å². The lowest BCUT2D eigenvalue weighted by atomic mass is 9.45. The number of hydrogen-bond donors (Lipinski definition) is 2. The maximum Gasteiger partial charge on any atom is 0.178 e. The molecule has 146 valence electrons. The summed E-state index contributed by atoms with van der Waals surface area (Å²) in [7, 11) is 0. The molecule has 0 aromatic heterocycles. The summed E-state index contributed by atoms with van der Waals surface area (Å²) in [5, 5.41) is 22.2. The molecule has 4 nitrogen and oxygen atoms in total. The zero-order valence-electron chi connectivity index (χ0n) is 16.3. The number of hydrogen-bond acceptors (Lipinski definition) is 4. The van der Waals surface area contributed by atoms with Gasteiger partial charge in [0.05, 0.1) is 6.10 Å². The van der Waals surface area contributed by atoms with Crippen LogP contribution in [0, 0.1) is 22.7 Å². The van der Waals surface area contributed by atoms with Gasteiger partial charge in [0.15, 0.2) is 17.2 Å². The van der Waals surface area contributed by atoms with Crippen LogP contribution >= 0.6 is 0 Å². The van der Waals surface area contributed by atoms with Crippen LogP contribution in [0.25, 0.3) is 0 Å². The van der Waals surface area contributed by atoms with E-state index in [0.717, 1.165) is 5.57 Å². The quantitative estimate of drug-likeness (QED) is 0.740. The molecular weight excluding hydrogens is 347 g/mol. The van der Waals surface area contributed by atoms with Crippen molar-refractivity contribution in [1.29, 1.82) is 0 Å². The van der Waals surface area contributed by atoms with E-state index >= 15 is 4.39 Å². The Morgan fingerprint density at radius 1 is 1.33 bits per heavy atom. The highest BCUT2D eigenvalue weighted by atomic mass is 19.1. The monoisotopic (exact) mass is 374 g/mol. The molecule has 0 bridgehead atoms. The molecule has 2 fully saturated rings. The molecule has 0 saturated heterocycles. The summed E-state index contributed by atoms with van der Waals surface area (Å²) in [5.41, 5.74) is -4.12. The third-order valence-electron chi connectivity index (χ3n) is 8.26. The topological polar surface area (TPSA) is 74.6 Å². The summed E-state index contributed by atoms with van der Waals surface area (Å²) < 4.78 is 16.8. The first-order chi connectivity index (χ1) is 12.4. The third kappa shape index (κ3) is 1.94. The second kappa shape index (κ2) is 5.26. The minimum atomic E-state index is -2.00. The number of carbonyl (C=O) groups is 2. The summed E-state index contributed by atoms with van der Waals surface area (Å²) in [6.45, 7) is 6.78. The number of aliphatic hydroxyl groups excluding tert-OH is 1. The summed E-state index contributed by atoms with van der Waals surface area (Å²) in [6.07, 6.45) is 5.71. The fourth-order valence-electron chi connectivity index (χ4n) is 6.64. The van der Waals surface area contributed by atoms with E-state index in [1.807, 2.05) is 19.9 Å². The number of halogens is 1. The first-order valence-electron chi connectivity index (χ1n) is 9.66. The van der Waals surface area contributed by atoms with Crippen molar-refractivity contribution in [3.05, 3.63) is 35.5 Å². The Hall–Kier alpha value is -1.59. The van der Waals surface area contributed by atoms with Crippen LogP contribution in [0.2, 0.25) is 0 Å². The van der Waals surface area contributed by atoms with E-state index in [-0.39, 0.29) is 30.3 Å². The molecule has 2 N–H and O–H groups in total. The number of aliphatic hydroxyl groups is 2. The van der Waals surface area contributed by atoms with Gasteiger partial charge in [0, 0.05) is 16.7 Å². The zero-order chi connectivity index (χ0) is 20.0. The standard InChI is InChI=1S/C22H27FO4/c1-12-9-17-15-6-8-21(27,13(2)24)20(15,4)11-18(26)22(17,23)19(3)7-5-14(25)10-16(12)19/h5,7,9-10,15,17-18,26-27H,6,8,11H2,1-4H3/t15-,17-,18+,19-,20-,21+,22-/m0/s1. The van der Waals surface area contributed by atoms with E-state index in [9.17, 15) is 19.8 Å². The van der Waals surface area contributed by atoms with Crippen molar-refractivity contribution < 1.29 is 24.2 Å². The number of allylic oxidation sites excluding steroid dienone is 6. The average molecular weight is 374 g/mol. The lowest BCUT2D eigenvalue weighted by molar-refractivity contribution is -0.200. The van der Waals surface area contributed by atoms with E-state index < -0.39 is 34.1 Å². The van der Waals surface area contributed by atoms with Gasteiger partial charge in [-0.2, -0.15) is 0 Å². The molecule has 7 atom stereocenters. The highest BCUT2D eigenvalue weighted by Crippen LogP contribution is 2.69. The Balaban J connectivity index is 1.92. The smallest absolute Gasteiger partial charge is 0.178 e. The van der Waals surface area contributed by atoms with Crippen LogP contribution < -0.4 is 0 Å². The van der Waals surface area contributed by atoms with Gasteiger partial charge in [-0.3, -0.25) is 9.59 Å². The first kappa shape index (κ1) is 18.8. The highest BCUT2D eigenvalue weighted by Gasteiger charge is 2.73. The van der Waals surface area contributed by atoms with Gasteiger partial charge in [0.2, 0.25) is 0 Å². The van der Waals surface area contributed by atoms with Crippen LogP contribution in [-0.4, -0.2) is 39.2 Å². The second-order valence-electron chi connectivity index (χ2n) is 9.34. The molecule has 0 aromatic rings. The summed E-state index contributed by atoms with van der Waals surface area (Å²) in [6, 6.07) is 0. The molecule has 0 heterocycles. The van der Waals surface area contributed by atoms with Gasteiger partial charge in [0.1, 0.15) is 5.60 Å². The fraction of sp³-hybridized carbons (Fsp3) is 0.636. The molecule has 5 heteroatoms. The van der Waals surface area contributed by atoms with Gasteiger partial charge in [-0.05, 0) is 63.7 Å². The molecular formula is C22H27FO4. The van der Waals surface area contributed by atoms with Crippen molar-refractivity contribution in [2.45, 2.75) is 64.3 Å². The maximum atomic E-state index is 16.8. The Labute approximate surface area is 158 Å². The van der Waals surface area contributed by atoms with Crippen LogP contribution in [0.5, 0.6) is 0 Å². The van der Waals surface area contributed by atoms with Crippen molar-refractivity contribution in [1.82, 2.24) is 0 Å². The van der Waals surface area contributed by atoms with Gasteiger partial charge < -0.3 is 10.2 Å². The molecule has 0 radical (unpaired) electrons. The molecule has 4 aliphatic carbocycles. The normalized spacial score (nSPS) is 51.1. The number of alkyl halides is 1. The first-order valence-corrected chi connectivity index (χ1v) is 9.66. The average Bonchev–Trinajstić information content (AvgIpc) is 2.85. The minimum absolute atomic E-state index is 0.0122. The van der Waals surface area contributed by atoms with E-state index in [1.165, 1.54) is 19.1 Å². The van der Waals surface area contributed by atoms with Crippen molar-refractivity contribution in [3.63, 3.8) is 0 Å². The van der Waals surface area contributed by atoms with E-state index in [2.05, 4.69) is 0 Å². The molecule has 27 heavy (non-hydrogen) atoms. The van der Waals surface area contributed by atoms with Gasteiger partial charge >= 0.3 is 0 Å². The molecule has 0 aliphatic heterocycles. The predicted molar refractivity (Wildman–Crippen MR) is 98.5 cm³/mol. The Bertz CT molecular complexity index is 841. The molecule has 0 spiro atoms. The molecule has 0 aromatic carbocycles. The zero-order valence-corrected chi connectivity index (χ0v) is 16.3. The number of fused-ring (bicyclic) bond motifs is 5. The van der Waals surface area contributed by atoms with Crippen molar-refractivity contribution in [2.24, 2.45) is 22.7 Å². The van der Waals surface area contributed by atoms with Gasteiger partial charge in [0.25, 0.3) is 0 Å². The summed E-state index contributed by atoms with van der Waals surface area (Å²) in [4.78, 5) is 24.2. The van der Waals surface area contributed by atoms with Crippen molar-refractivity contribution in [2.75, 3.05) is 0 Å². The van der Waals surface area contributed by atoms with Crippen molar-refractivity contribution >= 4 is 11.6 Å².